The van der Waals surface area contributed by atoms with Crippen LogP contribution in [0.15, 0.2) is 42.5 Å². The zero-order valence-electron chi connectivity index (χ0n) is 15.4. The molecule has 1 aliphatic rings. The van der Waals surface area contributed by atoms with Crippen molar-refractivity contribution in [3.63, 3.8) is 0 Å². The van der Waals surface area contributed by atoms with E-state index in [1.54, 1.807) is 18.2 Å². The number of hydrogen-bond acceptors (Lipinski definition) is 5. The lowest BCUT2D eigenvalue weighted by Crippen LogP contribution is -2.19. The van der Waals surface area contributed by atoms with Crippen LogP contribution in [-0.4, -0.2) is 30.5 Å². The molecule has 7 nitrogen and oxygen atoms in total. The molecule has 142 valence electrons. The van der Waals surface area contributed by atoms with E-state index in [-0.39, 0.29) is 18.0 Å². The fraction of sp³-hybridized carbons (Fsp3) is 0.350. The maximum absolute atomic E-state index is 12.2. The third-order valence-electron chi connectivity index (χ3n) is 4.70. The van der Waals surface area contributed by atoms with E-state index in [0.29, 0.717) is 12.2 Å². The molecule has 27 heavy (non-hydrogen) atoms. The maximum Gasteiger partial charge on any atom is 0.292 e. The number of hydrogen-bond donors (Lipinski definition) is 2. The Kier molecular flexibility index (Phi) is 5.90. The quantitative estimate of drug-likeness (QED) is 0.571. The van der Waals surface area contributed by atoms with Gasteiger partial charge < -0.3 is 15.5 Å². The molecule has 0 atom stereocenters. The Morgan fingerprint density at radius 1 is 1.19 bits per heavy atom. The van der Waals surface area contributed by atoms with E-state index in [4.69, 9.17) is 0 Å². The molecule has 0 saturated carbocycles. The second kappa shape index (κ2) is 8.53. The highest BCUT2D eigenvalue weighted by molar-refractivity contribution is 5.91. The lowest BCUT2D eigenvalue weighted by atomic mass is 10.1. The number of nitrogens with one attached hydrogen (secondary N) is 2. The molecule has 2 aromatic rings. The van der Waals surface area contributed by atoms with Gasteiger partial charge in [0.05, 0.1) is 4.92 Å². The van der Waals surface area contributed by atoms with E-state index in [2.05, 4.69) is 28.5 Å². The Morgan fingerprint density at radius 3 is 2.63 bits per heavy atom. The van der Waals surface area contributed by atoms with Gasteiger partial charge in [-0.05, 0) is 49.6 Å². The number of carbonyl (C=O) groups is 1. The van der Waals surface area contributed by atoms with Crippen molar-refractivity contribution >= 4 is 28.7 Å². The van der Waals surface area contributed by atoms with Crippen LogP contribution < -0.4 is 15.5 Å². The molecule has 1 heterocycles. The summed E-state index contributed by atoms with van der Waals surface area (Å²) >= 11 is 0. The summed E-state index contributed by atoms with van der Waals surface area (Å²) in [6.45, 7) is 4.55. The smallest absolute Gasteiger partial charge is 0.292 e. The molecule has 0 aliphatic carbocycles. The highest BCUT2D eigenvalue weighted by Gasteiger charge is 2.15. The fourth-order valence-corrected chi connectivity index (χ4v) is 3.36. The Bertz CT molecular complexity index is 832. The highest BCUT2D eigenvalue weighted by Crippen LogP contribution is 2.27. The summed E-state index contributed by atoms with van der Waals surface area (Å²) in [5, 5.41) is 16.9. The van der Waals surface area contributed by atoms with Crippen LogP contribution in [0.2, 0.25) is 0 Å². The van der Waals surface area contributed by atoms with Gasteiger partial charge in [-0.1, -0.05) is 12.1 Å². The molecule has 1 saturated heterocycles. The van der Waals surface area contributed by atoms with Gasteiger partial charge in [0, 0.05) is 43.5 Å². The van der Waals surface area contributed by atoms with Crippen LogP contribution in [0.4, 0.5) is 22.7 Å². The van der Waals surface area contributed by atoms with E-state index in [1.807, 2.05) is 12.1 Å². The van der Waals surface area contributed by atoms with Crippen molar-refractivity contribution in [2.75, 3.05) is 35.2 Å². The molecule has 0 aromatic heterocycles. The van der Waals surface area contributed by atoms with Crippen LogP contribution in [0, 0.1) is 17.0 Å². The minimum atomic E-state index is -0.437. The fourth-order valence-electron chi connectivity index (χ4n) is 3.36. The molecule has 0 bridgehead atoms. The highest BCUT2D eigenvalue weighted by atomic mass is 16.6. The molecular formula is C20H24N4O3. The molecular weight excluding hydrogens is 344 g/mol. The van der Waals surface area contributed by atoms with Crippen molar-refractivity contribution < 1.29 is 9.72 Å². The Morgan fingerprint density at radius 2 is 1.93 bits per heavy atom. The number of anilines is 3. The lowest BCUT2D eigenvalue weighted by Gasteiger charge is -2.20. The van der Waals surface area contributed by atoms with Crippen LogP contribution in [-0.2, 0) is 4.79 Å². The molecule has 0 unspecified atom stereocenters. The van der Waals surface area contributed by atoms with Crippen molar-refractivity contribution in [1.82, 2.24) is 0 Å². The predicted molar refractivity (Wildman–Crippen MR) is 107 cm³/mol. The Balaban J connectivity index is 1.52. The first-order valence-corrected chi connectivity index (χ1v) is 9.17. The van der Waals surface area contributed by atoms with Crippen LogP contribution in [0.25, 0.3) is 0 Å². The maximum atomic E-state index is 12.2. The van der Waals surface area contributed by atoms with Gasteiger partial charge in [0.25, 0.3) is 5.69 Å². The average Bonchev–Trinajstić information content (AvgIpc) is 3.16. The molecule has 0 spiro atoms. The van der Waals surface area contributed by atoms with Gasteiger partial charge in [-0.3, -0.25) is 14.9 Å². The lowest BCUT2D eigenvalue weighted by molar-refractivity contribution is -0.384. The SMILES string of the molecule is Cc1cc(NC(=O)CCNc2ccccc2[N+](=O)[O-])ccc1N1CCCC1. The number of amides is 1. The van der Waals surface area contributed by atoms with Gasteiger partial charge in [-0.15, -0.1) is 0 Å². The summed E-state index contributed by atoms with van der Waals surface area (Å²) in [5.74, 6) is -0.130. The summed E-state index contributed by atoms with van der Waals surface area (Å²) in [6, 6.07) is 12.4. The molecule has 0 radical (unpaired) electrons. The van der Waals surface area contributed by atoms with Crippen molar-refractivity contribution in [3.8, 4) is 0 Å². The predicted octanol–water partition coefficient (Wildman–Crippen LogP) is 3.94. The van der Waals surface area contributed by atoms with E-state index < -0.39 is 4.92 Å². The monoisotopic (exact) mass is 368 g/mol. The van der Waals surface area contributed by atoms with E-state index >= 15 is 0 Å². The third kappa shape index (κ3) is 4.75. The summed E-state index contributed by atoms with van der Waals surface area (Å²) in [7, 11) is 0. The number of benzene rings is 2. The van der Waals surface area contributed by atoms with Crippen LogP contribution in [0.3, 0.4) is 0 Å². The second-order valence-electron chi connectivity index (χ2n) is 6.69. The molecule has 2 aromatic carbocycles. The van der Waals surface area contributed by atoms with Crippen LogP contribution >= 0.6 is 0 Å². The van der Waals surface area contributed by atoms with Crippen LogP contribution in [0.5, 0.6) is 0 Å². The number of nitro benzene ring substituents is 1. The van der Waals surface area contributed by atoms with Crippen molar-refractivity contribution in [1.29, 1.82) is 0 Å². The zero-order chi connectivity index (χ0) is 19.2. The molecule has 1 fully saturated rings. The zero-order valence-corrected chi connectivity index (χ0v) is 15.4. The Hall–Kier alpha value is -3.09. The standard InChI is InChI=1S/C20H24N4O3/c1-15-14-16(8-9-18(15)23-12-4-5-13-23)22-20(25)10-11-21-17-6-2-3-7-19(17)24(26)27/h2-3,6-9,14,21H,4-5,10-13H2,1H3,(H,22,25). The second-order valence-corrected chi connectivity index (χ2v) is 6.69. The van der Waals surface area contributed by atoms with Crippen molar-refractivity contribution in [2.45, 2.75) is 26.2 Å². The molecule has 2 N–H and O–H groups in total. The van der Waals surface area contributed by atoms with E-state index in [1.165, 1.54) is 24.6 Å². The van der Waals surface area contributed by atoms with Crippen molar-refractivity contribution in [3.05, 3.63) is 58.1 Å². The summed E-state index contributed by atoms with van der Waals surface area (Å²) in [6.07, 6.45) is 2.67. The molecule has 7 heteroatoms. The molecule has 1 amide bonds. The van der Waals surface area contributed by atoms with E-state index in [9.17, 15) is 14.9 Å². The van der Waals surface area contributed by atoms with Gasteiger partial charge in [0.2, 0.25) is 5.91 Å². The first-order chi connectivity index (χ1) is 13.0. The van der Waals surface area contributed by atoms with Gasteiger partial charge >= 0.3 is 0 Å². The van der Waals surface area contributed by atoms with Gasteiger partial charge in [0.1, 0.15) is 5.69 Å². The number of nitrogens with zero attached hydrogens (tertiary/aromatic N) is 2. The third-order valence-corrected chi connectivity index (χ3v) is 4.70. The summed E-state index contributed by atoms with van der Waals surface area (Å²) < 4.78 is 0. The van der Waals surface area contributed by atoms with Gasteiger partial charge in [0.15, 0.2) is 0 Å². The number of nitro groups is 1. The molecule has 3 rings (SSSR count). The topological polar surface area (TPSA) is 87.5 Å². The van der Waals surface area contributed by atoms with Gasteiger partial charge in [-0.2, -0.15) is 0 Å². The van der Waals surface area contributed by atoms with E-state index in [0.717, 1.165) is 24.3 Å². The van der Waals surface area contributed by atoms with Gasteiger partial charge in [-0.25, -0.2) is 0 Å². The number of rotatable bonds is 7. The first-order valence-electron chi connectivity index (χ1n) is 9.17. The number of aryl methyl sites for hydroxylation is 1. The number of para-hydroxylation sites is 2. The minimum absolute atomic E-state index is 0.00559. The largest absolute Gasteiger partial charge is 0.379 e. The average molecular weight is 368 g/mol. The minimum Gasteiger partial charge on any atom is -0.379 e. The summed E-state index contributed by atoms with van der Waals surface area (Å²) in [4.78, 5) is 25.1. The molecule has 1 aliphatic heterocycles. The van der Waals surface area contributed by atoms with Crippen LogP contribution in [0.1, 0.15) is 24.8 Å². The number of carbonyl (C=O) groups excluding carboxylic acids is 1. The first kappa shape index (κ1) is 18.7. The van der Waals surface area contributed by atoms with Crippen molar-refractivity contribution in [2.24, 2.45) is 0 Å². The Labute approximate surface area is 158 Å². The summed E-state index contributed by atoms with van der Waals surface area (Å²) in [5.41, 5.74) is 3.56. The normalized spacial score (nSPS) is 13.4.